The van der Waals surface area contributed by atoms with Crippen molar-refractivity contribution in [2.45, 2.75) is 19.5 Å². The number of imide groups is 1. The van der Waals surface area contributed by atoms with Crippen LogP contribution in [-0.2, 0) is 4.74 Å². The van der Waals surface area contributed by atoms with Gasteiger partial charge in [-0.25, -0.2) is 13.6 Å². The molecule has 190 valence electrons. The molecule has 2 N–H and O–H groups in total. The average molecular weight is 561 g/mol. The lowest BCUT2D eigenvalue weighted by molar-refractivity contribution is -0.125. The first-order chi connectivity index (χ1) is 16.2. The van der Waals surface area contributed by atoms with Crippen LogP contribution >= 0.6 is 34.8 Å². The van der Waals surface area contributed by atoms with E-state index in [0.717, 1.165) is 24.3 Å². The van der Waals surface area contributed by atoms with Gasteiger partial charge in [0.1, 0.15) is 17.2 Å². The highest BCUT2D eigenvalue weighted by Crippen LogP contribution is 2.27. The smallest absolute Gasteiger partial charge is 0.392 e. The van der Waals surface area contributed by atoms with Gasteiger partial charge in [0, 0.05) is 12.7 Å². The van der Waals surface area contributed by atoms with Gasteiger partial charge in [0.25, 0.3) is 5.91 Å². The zero-order valence-electron chi connectivity index (χ0n) is 18.0. The van der Waals surface area contributed by atoms with Crippen LogP contribution in [0.4, 0.5) is 26.7 Å². The van der Waals surface area contributed by atoms with Gasteiger partial charge >= 0.3 is 12.2 Å². The van der Waals surface area contributed by atoms with Crippen molar-refractivity contribution in [3.8, 4) is 0 Å². The zero-order chi connectivity index (χ0) is 26.9. The van der Waals surface area contributed by atoms with Crippen molar-refractivity contribution < 1.29 is 36.3 Å². The van der Waals surface area contributed by atoms with Crippen molar-refractivity contribution in [1.82, 2.24) is 10.6 Å². The van der Waals surface area contributed by atoms with E-state index in [-0.39, 0.29) is 21.5 Å². The molecule has 0 radical (unpaired) electrons. The second-order valence-corrected chi connectivity index (χ2v) is 7.69. The Morgan fingerprint density at radius 3 is 2.20 bits per heavy atom. The molecule has 1 aromatic carbocycles. The van der Waals surface area contributed by atoms with Gasteiger partial charge in [-0.15, -0.1) is 0 Å². The van der Waals surface area contributed by atoms with E-state index in [4.69, 9.17) is 39.5 Å². The number of alkyl halides is 3. The number of halogens is 8. The third kappa shape index (κ3) is 10.1. The van der Waals surface area contributed by atoms with Gasteiger partial charge in [-0.2, -0.15) is 13.2 Å². The van der Waals surface area contributed by atoms with E-state index in [9.17, 15) is 31.5 Å². The highest BCUT2D eigenvalue weighted by molar-refractivity contribution is 6.42. The van der Waals surface area contributed by atoms with Crippen LogP contribution in [0.5, 0.6) is 0 Å². The number of urea groups is 1. The predicted molar refractivity (Wildman–Crippen MR) is 123 cm³/mol. The monoisotopic (exact) mass is 559 g/mol. The Morgan fingerprint density at radius 1 is 1.14 bits per heavy atom. The van der Waals surface area contributed by atoms with Crippen LogP contribution in [0.1, 0.15) is 23.7 Å². The number of carbonyl (C=O) groups is 2. The van der Waals surface area contributed by atoms with E-state index in [1.54, 1.807) is 5.32 Å². The second kappa shape index (κ2) is 13.3. The summed E-state index contributed by atoms with van der Waals surface area (Å²) in [6.45, 7) is 4.74. The van der Waals surface area contributed by atoms with Crippen molar-refractivity contribution in [3.63, 3.8) is 0 Å². The lowest BCUT2D eigenvalue weighted by atomic mass is 10.2. The largest absolute Gasteiger partial charge is 0.435 e. The first kappa shape index (κ1) is 30.1. The molecule has 0 saturated carbocycles. The molecule has 0 aliphatic carbocycles. The molecule has 0 aliphatic heterocycles. The van der Waals surface area contributed by atoms with E-state index >= 15 is 0 Å². The summed E-state index contributed by atoms with van der Waals surface area (Å²) in [5.74, 6) is -4.51. The van der Waals surface area contributed by atoms with Gasteiger partial charge in [-0.1, -0.05) is 53.5 Å². The van der Waals surface area contributed by atoms with Crippen LogP contribution in [0.3, 0.4) is 0 Å². The number of hydrogen-bond donors (Lipinski definition) is 2. The molecular formula is C21H17Cl3F5N3O3. The predicted octanol–water partition coefficient (Wildman–Crippen LogP) is 6.63. The molecule has 0 unspecified atom stereocenters. The molecule has 0 aromatic heterocycles. The van der Waals surface area contributed by atoms with Crippen molar-refractivity contribution in [3.05, 3.63) is 80.7 Å². The normalized spacial score (nSPS) is 13.7. The summed E-state index contributed by atoms with van der Waals surface area (Å²) < 4.78 is 69.9. The zero-order valence-corrected chi connectivity index (χ0v) is 20.3. The first-order valence-electron chi connectivity index (χ1n) is 9.22. The lowest BCUT2D eigenvalue weighted by Crippen LogP contribution is -2.39. The number of carbonyl (C=O) groups excluding carboxylic acids is 2. The molecule has 1 rings (SSSR count). The Bertz CT molecular complexity index is 1110. The summed E-state index contributed by atoms with van der Waals surface area (Å²) in [5, 5.41) is 2.84. The molecule has 0 atom stereocenters. The summed E-state index contributed by atoms with van der Waals surface area (Å²) in [4.78, 5) is 27.6. The molecule has 0 fully saturated rings. The van der Waals surface area contributed by atoms with Gasteiger partial charge in [0.15, 0.2) is 5.76 Å². The molecular weight excluding hydrogens is 544 g/mol. The number of aliphatic imine (C=N–C) groups is 1. The van der Waals surface area contributed by atoms with E-state index in [1.807, 2.05) is 0 Å². The minimum absolute atomic E-state index is 0.0120. The average Bonchev–Trinajstić information content (AvgIpc) is 2.71. The quantitative estimate of drug-likeness (QED) is 0.129. The van der Waals surface area contributed by atoms with Gasteiger partial charge in [-0.3, -0.25) is 15.1 Å². The Kier molecular flexibility index (Phi) is 11.4. The SMILES string of the molecule is C=C(Cl)/C(OC(=NC)/C(Cl)=C\CC(F)(F)F)=C(Cl)\C=C(/C)NC(=O)NC(=O)c1c(F)cccc1F. The Balaban J connectivity index is 3.03. The van der Waals surface area contributed by atoms with Crippen LogP contribution in [-0.4, -0.2) is 31.1 Å². The Labute approximate surface area is 211 Å². The third-order valence-corrected chi connectivity index (χ3v) is 4.42. The molecule has 3 amide bonds. The van der Waals surface area contributed by atoms with Crippen LogP contribution in [0, 0.1) is 11.6 Å². The van der Waals surface area contributed by atoms with Gasteiger partial charge in [-0.05, 0) is 25.1 Å². The lowest BCUT2D eigenvalue weighted by Gasteiger charge is -2.13. The minimum Gasteiger partial charge on any atom is -0.435 e. The maximum Gasteiger partial charge on any atom is 0.392 e. The van der Waals surface area contributed by atoms with Gasteiger partial charge in [0.05, 0.1) is 21.5 Å². The van der Waals surface area contributed by atoms with Gasteiger partial charge < -0.3 is 10.1 Å². The molecule has 0 aliphatic rings. The van der Waals surface area contributed by atoms with Crippen LogP contribution in [0.2, 0.25) is 0 Å². The summed E-state index contributed by atoms with van der Waals surface area (Å²) in [5.41, 5.74) is -0.972. The van der Waals surface area contributed by atoms with Crippen molar-refractivity contribution in [1.29, 1.82) is 0 Å². The summed E-state index contributed by atoms with van der Waals surface area (Å²) >= 11 is 17.8. The number of rotatable bonds is 7. The number of ether oxygens (including phenoxy) is 1. The molecule has 35 heavy (non-hydrogen) atoms. The van der Waals surface area contributed by atoms with Crippen molar-refractivity contribution in [2.75, 3.05) is 7.05 Å². The molecule has 0 heterocycles. The second-order valence-electron chi connectivity index (χ2n) is 6.42. The highest BCUT2D eigenvalue weighted by atomic mass is 35.5. The van der Waals surface area contributed by atoms with E-state index in [1.165, 1.54) is 14.0 Å². The fourth-order valence-corrected chi connectivity index (χ4v) is 2.91. The summed E-state index contributed by atoms with van der Waals surface area (Å²) in [6, 6.07) is 1.56. The number of nitrogens with one attached hydrogen (secondary N) is 2. The molecule has 1 aromatic rings. The van der Waals surface area contributed by atoms with E-state index < -0.39 is 52.7 Å². The molecule has 0 saturated heterocycles. The van der Waals surface area contributed by atoms with Crippen LogP contribution < -0.4 is 10.6 Å². The number of allylic oxidation sites excluding steroid dienone is 5. The fourth-order valence-electron chi connectivity index (χ4n) is 2.21. The van der Waals surface area contributed by atoms with E-state index in [0.29, 0.717) is 6.08 Å². The maximum absolute atomic E-state index is 13.7. The molecule has 6 nitrogen and oxygen atoms in total. The number of nitrogens with zero attached hydrogens (tertiary/aromatic N) is 1. The summed E-state index contributed by atoms with van der Waals surface area (Å²) in [7, 11) is 1.18. The van der Waals surface area contributed by atoms with Crippen molar-refractivity contribution in [2.24, 2.45) is 4.99 Å². The fraction of sp³-hybridized carbons (Fsp3) is 0.190. The number of benzene rings is 1. The highest BCUT2D eigenvalue weighted by Gasteiger charge is 2.26. The van der Waals surface area contributed by atoms with Crippen LogP contribution in [0.25, 0.3) is 0 Å². The third-order valence-electron chi connectivity index (χ3n) is 3.65. The first-order valence-corrected chi connectivity index (χ1v) is 10.4. The Hall–Kier alpha value is -2.89. The van der Waals surface area contributed by atoms with E-state index in [2.05, 4.69) is 16.9 Å². The van der Waals surface area contributed by atoms with Gasteiger partial charge in [0.2, 0.25) is 5.90 Å². The maximum atomic E-state index is 13.7. The topological polar surface area (TPSA) is 79.8 Å². The number of amides is 3. The Morgan fingerprint density at radius 2 is 1.71 bits per heavy atom. The molecule has 14 heteroatoms. The van der Waals surface area contributed by atoms with Crippen LogP contribution in [0.15, 0.2) is 68.5 Å². The minimum atomic E-state index is -4.52. The molecule has 0 spiro atoms. The summed E-state index contributed by atoms with van der Waals surface area (Å²) in [6.07, 6.45) is -4.17. The molecule has 0 bridgehead atoms. The standard InChI is InChI=1S/C21H17Cl3F5N3O3/c1-10(31-20(34)32-18(33)16-14(25)5-4-6-15(16)26)9-13(24)17(11(2)22)35-19(30-3)12(23)7-8-21(27,28)29/h4-7,9H,2,8H2,1,3H3,(H2,31,32,33,34)/b10-9+,12-7+,17-13-,30-19?. The number of hydrogen-bond acceptors (Lipinski definition) is 4. The van der Waals surface area contributed by atoms with Crippen molar-refractivity contribution >= 4 is 52.6 Å².